The van der Waals surface area contributed by atoms with Crippen LogP contribution in [0.4, 0.5) is 10.8 Å². The normalized spacial score (nSPS) is 14.6. The molecule has 0 fully saturated rings. The zero-order valence-corrected chi connectivity index (χ0v) is 22.0. The number of hydrogen-bond acceptors (Lipinski definition) is 6. The number of aromatic nitrogens is 1. The van der Waals surface area contributed by atoms with E-state index in [0.29, 0.717) is 10.9 Å². The summed E-state index contributed by atoms with van der Waals surface area (Å²) < 4.78 is 11.2. The molecular weight excluding hydrogens is 462 g/mol. The number of anilines is 2. The van der Waals surface area contributed by atoms with Crippen LogP contribution in [0.1, 0.15) is 45.7 Å². The average Bonchev–Trinajstić information content (AvgIpc) is 3.34. The third kappa shape index (κ3) is 4.75. The van der Waals surface area contributed by atoms with E-state index in [9.17, 15) is 9.59 Å². The molecule has 0 bridgehead atoms. The molecule has 35 heavy (non-hydrogen) atoms. The third-order valence-electron chi connectivity index (χ3n) is 6.27. The van der Waals surface area contributed by atoms with Crippen molar-refractivity contribution in [1.82, 2.24) is 4.98 Å². The van der Waals surface area contributed by atoms with Gasteiger partial charge in [-0.05, 0) is 55.2 Å². The van der Waals surface area contributed by atoms with Gasteiger partial charge in [0.2, 0.25) is 5.91 Å². The highest BCUT2D eigenvalue weighted by Crippen LogP contribution is 2.42. The van der Waals surface area contributed by atoms with Gasteiger partial charge in [-0.2, -0.15) is 0 Å². The van der Waals surface area contributed by atoms with E-state index in [-0.39, 0.29) is 23.8 Å². The van der Waals surface area contributed by atoms with Crippen molar-refractivity contribution in [1.29, 1.82) is 0 Å². The fraction of sp³-hybridized carbons (Fsp3) is 0.370. The Morgan fingerprint density at radius 1 is 1.17 bits per heavy atom. The maximum Gasteiger partial charge on any atom is 0.264 e. The molecule has 0 spiro atoms. The van der Waals surface area contributed by atoms with Crippen molar-refractivity contribution in [2.45, 2.75) is 45.4 Å². The van der Waals surface area contributed by atoms with Crippen molar-refractivity contribution in [2.24, 2.45) is 0 Å². The monoisotopic (exact) mass is 493 g/mol. The molecule has 1 N–H and O–H groups in total. The molecule has 0 unspecified atom stereocenters. The summed E-state index contributed by atoms with van der Waals surface area (Å²) in [5.74, 6) is 1.17. The highest BCUT2D eigenvalue weighted by molar-refractivity contribution is 7.14. The van der Waals surface area contributed by atoms with E-state index >= 15 is 0 Å². The summed E-state index contributed by atoms with van der Waals surface area (Å²) in [6.45, 7) is 9.98. The van der Waals surface area contributed by atoms with Crippen molar-refractivity contribution in [3.8, 4) is 22.8 Å². The van der Waals surface area contributed by atoms with Gasteiger partial charge in [-0.25, -0.2) is 4.98 Å². The minimum atomic E-state index is -0.585. The third-order valence-corrected chi connectivity index (χ3v) is 7.03. The van der Waals surface area contributed by atoms with Crippen LogP contribution in [0, 0.1) is 0 Å². The molecule has 8 heteroatoms. The SMILES string of the molecule is COc1ccc(OCC(=O)Nc2nc(-c3ccc4c(c3)C(C)(C)C(=O)N4C)cs2)c(C(C)(C)C)c1. The van der Waals surface area contributed by atoms with Crippen LogP contribution in [0.3, 0.4) is 0 Å². The minimum absolute atomic E-state index is 0.0716. The van der Waals surface area contributed by atoms with E-state index in [0.717, 1.165) is 33.8 Å². The second kappa shape index (κ2) is 9.00. The standard InChI is InChI=1S/C27H31N3O4S/c1-26(2,3)19-13-17(33-7)9-11-22(19)34-14-23(31)29-25-28-20(15-35-25)16-8-10-21-18(12-16)27(4,5)24(32)30(21)6/h8-13,15H,14H2,1-7H3,(H,28,29,31). The van der Waals surface area contributed by atoms with Gasteiger partial charge in [0.1, 0.15) is 11.5 Å². The number of hydrogen-bond donors (Lipinski definition) is 1. The number of fused-ring (bicyclic) bond motifs is 1. The maximum absolute atomic E-state index is 12.6. The molecule has 0 radical (unpaired) electrons. The summed E-state index contributed by atoms with van der Waals surface area (Å²) >= 11 is 1.35. The van der Waals surface area contributed by atoms with Crippen molar-refractivity contribution >= 4 is 34.0 Å². The number of methoxy groups -OCH3 is 1. The first-order valence-electron chi connectivity index (χ1n) is 11.4. The highest BCUT2D eigenvalue weighted by atomic mass is 32.1. The topological polar surface area (TPSA) is 80.8 Å². The summed E-state index contributed by atoms with van der Waals surface area (Å²) in [5.41, 5.74) is 3.75. The lowest BCUT2D eigenvalue weighted by atomic mass is 9.85. The molecule has 184 valence electrons. The predicted octanol–water partition coefficient (Wildman–Crippen LogP) is 5.39. The van der Waals surface area contributed by atoms with Crippen LogP contribution in [0.25, 0.3) is 11.3 Å². The van der Waals surface area contributed by atoms with E-state index in [1.165, 1.54) is 11.3 Å². The molecule has 7 nitrogen and oxygen atoms in total. The lowest BCUT2D eigenvalue weighted by molar-refractivity contribution is -0.121. The molecule has 0 atom stereocenters. The van der Waals surface area contributed by atoms with Crippen LogP contribution in [0.5, 0.6) is 11.5 Å². The molecule has 2 heterocycles. The number of thiazole rings is 1. The molecule has 0 aliphatic carbocycles. The molecule has 3 aromatic rings. The van der Waals surface area contributed by atoms with Gasteiger partial charge in [-0.1, -0.05) is 26.8 Å². The Bertz CT molecular complexity index is 1290. The second-order valence-electron chi connectivity index (χ2n) is 10.2. The van der Waals surface area contributed by atoms with E-state index in [2.05, 4.69) is 31.1 Å². The molecule has 0 saturated heterocycles. The van der Waals surface area contributed by atoms with Crippen molar-refractivity contribution in [3.63, 3.8) is 0 Å². The Morgan fingerprint density at radius 3 is 2.60 bits per heavy atom. The zero-order chi connectivity index (χ0) is 25.5. The Hall–Kier alpha value is -3.39. The van der Waals surface area contributed by atoms with Gasteiger partial charge in [-0.15, -0.1) is 11.3 Å². The first-order chi connectivity index (χ1) is 16.4. The molecule has 1 aliphatic rings. The number of rotatable bonds is 6. The van der Waals surface area contributed by atoms with E-state index < -0.39 is 5.41 Å². The first kappa shape index (κ1) is 24.7. The summed E-state index contributed by atoms with van der Waals surface area (Å²) in [7, 11) is 3.42. The Morgan fingerprint density at radius 2 is 1.91 bits per heavy atom. The van der Waals surface area contributed by atoms with Crippen LogP contribution in [-0.2, 0) is 20.4 Å². The number of carbonyl (C=O) groups excluding carboxylic acids is 2. The number of nitrogens with one attached hydrogen (secondary N) is 1. The zero-order valence-electron chi connectivity index (χ0n) is 21.2. The van der Waals surface area contributed by atoms with Crippen LogP contribution in [0.15, 0.2) is 41.8 Å². The van der Waals surface area contributed by atoms with Crippen LogP contribution >= 0.6 is 11.3 Å². The first-order valence-corrected chi connectivity index (χ1v) is 12.3. The lowest BCUT2D eigenvalue weighted by Crippen LogP contribution is -2.33. The quantitative estimate of drug-likeness (QED) is 0.498. The summed E-state index contributed by atoms with van der Waals surface area (Å²) in [5, 5.41) is 5.21. The van der Waals surface area contributed by atoms with E-state index in [4.69, 9.17) is 9.47 Å². The Balaban J connectivity index is 1.45. The largest absolute Gasteiger partial charge is 0.497 e. The second-order valence-corrected chi connectivity index (χ2v) is 11.1. The summed E-state index contributed by atoms with van der Waals surface area (Å²) in [4.78, 5) is 31.4. The predicted molar refractivity (Wildman–Crippen MR) is 140 cm³/mol. The molecule has 2 aromatic carbocycles. The smallest absolute Gasteiger partial charge is 0.264 e. The Labute approximate surface area is 210 Å². The molecular formula is C27H31N3O4S. The fourth-order valence-electron chi connectivity index (χ4n) is 4.24. The molecule has 2 amide bonds. The summed E-state index contributed by atoms with van der Waals surface area (Å²) in [6.07, 6.45) is 0. The van der Waals surface area contributed by atoms with Crippen molar-refractivity contribution in [2.75, 3.05) is 31.0 Å². The van der Waals surface area contributed by atoms with Gasteiger partial charge in [-0.3, -0.25) is 14.9 Å². The molecule has 1 aliphatic heterocycles. The fourth-order valence-corrected chi connectivity index (χ4v) is 4.98. The average molecular weight is 494 g/mol. The highest BCUT2D eigenvalue weighted by Gasteiger charge is 2.42. The summed E-state index contributed by atoms with van der Waals surface area (Å²) in [6, 6.07) is 11.5. The number of amides is 2. The molecule has 1 aromatic heterocycles. The number of carbonyl (C=O) groups is 2. The van der Waals surface area contributed by atoms with Gasteiger partial charge in [0, 0.05) is 29.2 Å². The number of nitrogens with zero attached hydrogens (tertiary/aromatic N) is 2. The van der Waals surface area contributed by atoms with Crippen molar-refractivity contribution in [3.05, 3.63) is 52.9 Å². The van der Waals surface area contributed by atoms with Crippen molar-refractivity contribution < 1.29 is 19.1 Å². The van der Waals surface area contributed by atoms with Gasteiger partial charge < -0.3 is 14.4 Å². The van der Waals surface area contributed by atoms with Gasteiger partial charge in [0.25, 0.3) is 5.91 Å². The van der Waals surface area contributed by atoms with Crippen LogP contribution in [-0.4, -0.2) is 37.6 Å². The van der Waals surface area contributed by atoms with E-state index in [1.807, 2.05) is 55.6 Å². The van der Waals surface area contributed by atoms with Crippen LogP contribution < -0.4 is 19.7 Å². The van der Waals surface area contributed by atoms with Gasteiger partial charge in [0.15, 0.2) is 11.7 Å². The Kier molecular flexibility index (Phi) is 6.36. The number of ether oxygens (including phenoxy) is 2. The van der Waals surface area contributed by atoms with Crippen LogP contribution in [0.2, 0.25) is 0 Å². The number of likely N-dealkylation sites (N-methyl/N-ethyl adjacent to an activating group) is 1. The van der Waals surface area contributed by atoms with Gasteiger partial charge >= 0.3 is 0 Å². The maximum atomic E-state index is 12.6. The molecule has 0 saturated carbocycles. The molecule has 4 rings (SSSR count). The lowest BCUT2D eigenvalue weighted by Gasteiger charge is -2.23. The minimum Gasteiger partial charge on any atom is -0.497 e. The van der Waals surface area contributed by atoms with E-state index in [1.54, 1.807) is 19.1 Å². The van der Waals surface area contributed by atoms with Gasteiger partial charge in [0.05, 0.1) is 18.2 Å². The number of benzene rings is 2.